The van der Waals surface area contributed by atoms with E-state index in [2.05, 4.69) is 24.7 Å². The summed E-state index contributed by atoms with van der Waals surface area (Å²) in [6.07, 6.45) is 20.1. The van der Waals surface area contributed by atoms with Crippen molar-refractivity contribution in [3.05, 3.63) is 11.7 Å². The molecule has 0 aliphatic heterocycles. The summed E-state index contributed by atoms with van der Waals surface area (Å²) < 4.78 is 65.3. The number of rotatable bonds is 21. The van der Waals surface area contributed by atoms with E-state index >= 15 is 0 Å². The number of ether oxygens (including phenoxy) is 2. The smallest absolute Gasteiger partial charge is 0.338 e. The second-order valence-corrected chi connectivity index (χ2v) is 21.7. The monoisotopic (exact) mass is 876 g/mol. The molecule has 1 aromatic heterocycles. The van der Waals surface area contributed by atoms with Crippen molar-refractivity contribution in [1.29, 1.82) is 0 Å². The van der Waals surface area contributed by atoms with Gasteiger partial charge < -0.3 is 24.6 Å². The number of hydrogen-bond donors (Lipinski definition) is 3. The fourth-order valence-corrected chi connectivity index (χ4v) is 7.96. The van der Waals surface area contributed by atoms with Gasteiger partial charge in [-0.25, -0.2) is 31.1 Å². The summed E-state index contributed by atoms with van der Waals surface area (Å²) in [5.74, 6) is -0.492. The van der Waals surface area contributed by atoms with Crippen LogP contribution in [0.25, 0.3) is 0 Å². The normalized spacial score (nSPS) is 17.3. The molecule has 2 saturated carbocycles. The first-order chi connectivity index (χ1) is 27.4. The van der Waals surface area contributed by atoms with E-state index in [0.717, 1.165) is 50.5 Å². The number of carbonyl (C=O) groups is 3. The molecular weight excluding hydrogens is 805 g/mol. The van der Waals surface area contributed by atoms with E-state index in [-0.39, 0.29) is 49.5 Å². The van der Waals surface area contributed by atoms with Gasteiger partial charge in [-0.3, -0.25) is 9.59 Å². The molecule has 17 nitrogen and oxygen atoms in total. The predicted molar refractivity (Wildman–Crippen MR) is 225 cm³/mol. The van der Waals surface area contributed by atoms with Gasteiger partial charge in [-0.05, 0) is 66.2 Å². The van der Waals surface area contributed by atoms with Gasteiger partial charge in [0.2, 0.25) is 25.9 Å². The first-order valence-electron chi connectivity index (χ1n) is 21.1. The number of oxime groups is 1. The molecule has 1 aromatic rings. The van der Waals surface area contributed by atoms with Gasteiger partial charge in [0.05, 0.1) is 44.4 Å². The van der Waals surface area contributed by atoms with Crippen LogP contribution in [0.15, 0.2) is 9.68 Å². The van der Waals surface area contributed by atoms with Gasteiger partial charge in [0, 0.05) is 5.92 Å². The molecule has 4 N–H and O–H groups in total. The fraction of sp³-hybridized carbons (Fsp3) is 0.850. The van der Waals surface area contributed by atoms with Gasteiger partial charge in [-0.2, -0.15) is 4.98 Å². The van der Waals surface area contributed by atoms with Crippen molar-refractivity contribution < 1.29 is 50.1 Å². The largest absolute Gasteiger partial charge is 0.460 e. The zero-order chi connectivity index (χ0) is 44.3. The Kier molecular flexibility index (Phi) is 22.0. The van der Waals surface area contributed by atoms with Crippen LogP contribution in [0.4, 0.5) is 0 Å². The standard InChI is InChI=1S/C20H37N3O6S.C20H35N3O5S/c1-20(2,3)28-18(24)13-16(12-8-11-15-9-6-5-7-10-15)19(25)29-23-17(21)14-22-30(4,26)27;1-20(2,3)27-18(24)13-16(12-8-11-15-9-6-5-7-10-15)19-22-17(23-28-19)14-21-29(4,25)26/h15-16,22H,5-14H2,1-4H3,(H2,21,23);15-16,21H,5-14H2,1-4H3/t2*16-/m11/s1. The van der Waals surface area contributed by atoms with Crippen LogP contribution in [0.1, 0.15) is 175 Å². The summed E-state index contributed by atoms with van der Waals surface area (Å²) >= 11 is 0. The Bertz CT molecular complexity index is 1690. The minimum Gasteiger partial charge on any atom is -0.460 e. The van der Waals surface area contributed by atoms with Crippen molar-refractivity contribution in [2.24, 2.45) is 28.6 Å². The summed E-state index contributed by atoms with van der Waals surface area (Å²) in [6, 6.07) is 0. The second kappa shape index (κ2) is 24.9. The maximum atomic E-state index is 12.5. The van der Waals surface area contributed by atoms with Crippen LogP contribution in [0.3, 0.4) is 0 Å². The van der Waals surface area contributed by atoms with Gasteiger partial charge in [-0.15, -0.1) is 0 Å². The maximum absolute atomic E-state index is 12.5. The summed E-state index contributed by atoms with van der Waals surface area (Å²) in [4.78, 5) is 46.3. The Hall–Kier alpha value is -3.16. The average molecular weight is 877 g/mol. The zero-order valence-corrected chi connectivity index (χ0v) is 38.3. The molecular formula is C40H72N6O11S2. The summed E-state index contributed by atoms with van der Waals surface area (Å²) in [6.45, 7) is 10.5. The average Bonchev–Trinajstić information content (AvgIpc) is 3.60. The SMILES string of the molecule is CC(C)(C)OC(=O)C[C@@H](CCCC1CCCCC1)C(=O)O/N=C(\N)CNS(C)(=O)=O.CC(C)(C)OC(=O)C[C@@H](CCCC1CCCCC1)c1nc(CNS(C)(=O)=O)no1. The minimum atomic E-state index is -3.44. The molecule has 3 rings (SSSR count). The number of carbonyl (C=O) groups excluding carboxylic acids is 3. The van der Waals surface area contributed by atoms with Crippen molar-refractivity contribution in [1.82, 2.24) is 19.6 Å². The van der Waals surface area contributed by atoms with E-state index in [4.69, 9.17) is 24.6 Å². The summed E-state index contributed by atoms with van der Waals surface area (Å²) in [5, 5.41) is 7.35. The number of aromatic nitrogens is 2. The molecule has 19 heteroatoms. The highest BCUT2D eigenvalue weighted by Gasteiger charge is 2.29. The van der Waals surface area contributed by atoms with Crippen LogP contribution in [-0.2, 0) is 55.3 Å². The van der Waals surface area contributed by atoms with Crippen LogP contribution in [0, 0.1) is 17.8 Å². The maximum Gasteiger partial charge on any atom is 0.338 e. The Morgan fingerprint density at radius 1 is 0.780 bits per heavy atom. The molecule has 2 fully saturated rings. The zero-order valence-electron chi connectivity index (χ0n) is 36.7. The third kappa shape index (κ3) is 25.9. The number of sulfonamides is 2. The third-order valence-electron chi connectivity index (χ3n) is 9.87. The lowest BCUT2D eigenvalue weighted by atomic mass is 9.84. The van der Waals surface area contributed by atoms with E-state index in [1.165, 1.54) is 64.2 Å². The number of nitrogens with zero attached hydrogens (tertiary/aromatic N) is 3. The molecule has 0 radical (unpaired) electrons. The minimum absolute atomic E-state index is 0.0381. The number of amidine groups is 1. The highest BCUT2D eigenvalue weighted by molar-refractivity contribution is 7.89. The summed E-state index contributed by atoms with van der Waals surface area (Å²) in [5.41, 5.74) is 4.37. The molecule has 1 heterocycles. The van der Waals surface area contributed by atoms with E-state index in [1.54, 1.807) is 20.8 Å². The Labute approximate surface area is 352 Å². The van der Waals surface area contributed by atoms with Crippen molar-refractivity contribution in [2.45, 2.75) is 181 Å². The van der Waals surface area contributed by atoms with Crippen molar-refractivity contribution in [3.8, 4) is 0 Å². The quantitative estimate of drug-likeness (QED) is 0.0413. The van der Waals surface area contributed by atoms with Crippen LogP contribution >= 0.6 is 0 Å². The second-order valence-electron chi connectivity index (χ2n) is 18.1. The molecule has 0 aromatic carbocycles. The number of hydrogen-bond acceptors (Lipinski definition) is 14. The van der Waals surface area contributed by atoms with Crippen LogP contribution in [0.2, 0.25) is 0 Å². The Morgan fingerprint density at radius 3 is 1.76 bits per heavy atom. The molecule has 0 saturated heterocycles. The predicted octanol–water partition coefficient (Wildman–Crippen LogP) is 6.13. The molecule has 0 amide bonds. The van der Waals surface area contributed by atoms with Crippen LogP contribution in [-0.4, -0.2) is 81.0 Å². The molecule has 0 bridgehead atoms. The topological polar surface area (TPSA) is 249 Å². The van der Waals surface area contributed by atoms with Gasteiger partial charge in [0.1, 0.15) is 11.2 Å². The molecule has 340 valence electrons. The van der Waals surface area contributed by atoms with Crippen molar-refractivity contribution in [3.63, 3.8) is 0 Å². The Morgan fingerprint density at radius 2 is 1.27 bits per heavy atom. The molecule has 59 heavy (non-hydrogen) atoms. The van der Waals surface area contributed by atoms with Gasteiger partial charge >= 0.3 is 17.9 Å². The first kappa shape index (κ1) is 52.0. The lowest BCUT2D eigenvalue weighted by Crippen LogP contribution is -2.33. The molecule has 0 spiro atoms. The van der Waals surface area contributed by atoms with Gasteiger partial charge in [-0.1, -0.05) is 100 Å². The molecule has 2 aliphatic carbocycles. The molecule has 2 atom stereocenters. The molecule has 2 aliphatic rings. The Balaban J connectivity index is 0.000000407. The first-order valence-corrected chi connectivity index (χ1v) is 24.8. The van der Waals surface area contributed by atoms with E-state index in [1.807, 2.05) is 20.8 Å². The lowest BCUT2D eigenvalue weighted by Gasteiger charge is -2.23. The van der Waals surface area contributed by atoms with E-state index in [9.17, 15) is 31.2 Å². The number of nitrogens with two attached hydrogens (primary N) is 1. The fourth-order valence-electron chi connectivity index (χ4n) is 7.16. The highest BCUT2D eigenvalue weighted by atomic mass is 32.2. The number of nitrogens with one attached hydrogen (secondary N) is 2. The molecule has 0 unspecified atom stereocenters. The van der Waals surface area contributed by atoms with E-state index < -0.39 is 49.1 Å². The van der Waals surface area contributed by atoms with Gasteiger partial charge in [0.25, 0.3) is 0 Å². The summed E-state index contributed by atoms with van der Waals surface area (Å²) in [7, 11) is -6.79. The van der Waals surface area contributed by atoms with Crippen LogP contribution in [0.5, 0.6) is 0 Å². The lowest BCUT2D eigenvalue weighted by molar-refractivity contribution is -0.161. The van der Waals surface area contributed by atoms with E-state index in [0.29, 0.717) is 18.2 Å². The van der Waals surface area contributed by atoms with Crippen molar-refractivity contribution in [2.75, 3.05) is 19.1 Å². The third-order valence-corrected chi connectivity index (χ3v) is 11.2. The highest BCUT2D eigenvalue weighted by Crippen LogP contribution is 2.32. The van der Waals surface area contributed by atoms with Crippen molar-refractivity contribution >= 4 is 43.8 Å². The van der Waals surface area contributed by atoms with Crippen LogP contribution < -0.4 is 15.2 Å². The van der Waals surface area contributed by atoms with Gasteiger partial charge in [0.15, 0.2) is 11.7 Å². The number of esters is 2.